The molecule has 2 N–H and O–H groups in total. The van der Waals surface area contributed by atoms with Crippen LogP contribution in [0.4, 0.5) is 0 Å². The molecule has 2 aliphatic carbocycles. The minimum Gasteiger partial charge on any atom is -0.392 e. The Balaban J connectivity index is 2.28. The Morgan fingerprint density at radius 1 is 1.17 bits per heavy atom. The number of fused-ring (bicyclic) bond motifs is 1. The van der Waals surface area contributed by atoms with E-state index >= 15 is 0 Å². The summed E-state index contributed by atoms with van der Waals surface area (Å²) in [6.07, 6.45) is 8.31. The van der Waals surface area contributed by atoms with E-state index in [1.165, 1.54) is 18.4 Å². The predicted octanol–water partition coefficient (Wildman–Crippen LogP) is 5.07. The van der Waals surface area contributed by atoms with Gasteiger partial charge in [-0.1, -0.05) is 48.4 Å². The molecule has 23 heavy (non-hydrogen) atoms. The molecule has 0 aromatic heterocycles. The normalized spacial score (nSPS) is 44.0. The highest BCUT2D eigenvalue weighted by Crippen LogP contribution is 2.64. The van der Waals surface area contributed by atoms with Crippen LogP contribution in [0.5, 0.6) is 0 Å². The van der Waals surface area contributed by atoms with Crippen LogP contribution >= 0.6 is 15.9 Å². The molecule has 134 valence electrons. The standard InChI is InChI=1S/C20H35BrO2/c1-14(10-13-22)6-7-16-19(4)11-9-17(21)18(2,3)15(19)8-12-20(16,5)23/h10,15-17,22-23H,6-9,11-13H2,1-5H3/t15-,16+,17-,19-,20-/m0/s1. The van der Waals surface area contributed by atoms with Crippen LogP contribution in [-0.4, -0.2) is 27.2 Å². The van der Waals surface area contributed by atoms with Gasteiger partial charge in [0.15, 0.2) is 0 Å². The van der Waals surface area contributed by atoms with E-state index in [2.05, 4.69) is 50.5 Å². The fraction of sp³-hybridized carbons (Fsp3) is 0.900. The van der Waals surface area contributed by atoms with Gasteiger partial charge in [-0.2, -0.15) is 0 Å². The molecule has 3 heteroatoms. The monoisotopic (exact) mass is 386 g/mol. The maximum absolute atomic E-state index is 11.1. The second-order valence-corrected chi connectivity index (χ2v) is 10.2. The van der Waals surface area contributed by atoms with Crippen LogP contribution in [0, 0.1) is 22.7 Å². The quantitative estimate of drug-likeness (QED) is 0.522. The Morgan fingerprint density at radius 3 is 2.43 bits per heavy atom. The van der Waals surface area contributed by atoms with Crippen molar-refractivity contribution < 1.29 is 10.2 Å². The summed E-state index contributed by atoms with van der Waals surface area (Å²) in [6.45, 7) is 11.5. The molecule has 2 rings (SSSR count). The number of hydrogen-bond donors (Lipinski definition) is 2. The van der Waals surface area contributed by atoms with Crippen LogP contribution in [0.25, 0.3) is 0 Å². The molecule has 2 nitrogen and oxygen atoms in total. The van der Waals surface area contributed by atoms with Gasteiger partial charge in [-0.05, 0) is 75.0 Å². The second-order valence-electron chi connectivity index (χ2n) is 9.11. The van der Waals surface area contributed by atoms with Gasteiger partial charge < -0.3 is 10.2 Å². The molecule has 0 aromatic carbocycles. The zero-order chi connectivity index (χ0) is 17.5. The summed E-state index contributed by atoms with van der Waals surface area (Å²) < 4.78 is 0. The van der Waals surface area contributed by atoms with E-state index < -0.39 is 5.60 Å². The van der Waals surface area contributed by atoms with E-state index in [9.17, 15) is 5.11 Å². The van der Waals surface area contributed by atoms with E-state index in [0.29, 0.717) is 16.7 Å². The molecule has 0 heterocycles. The van der Waals surface area contributed by atoms with Gasteiger partial charge in [0, 0.05) is 4.83 Å². The molecule has 0 amide bonds. The van der Waals surface area contributed by atoms with Gasteiger partial charge in [0.05, 0.1) is 12.2 Å². The van der Waals surface area contributed by atoms with Crippen molar-refractivity contribution in [3.05, 3.63) is 11.6 Å². The van der Waals surface area contributed by atoms with Crippen LogP contribution in [0.3, 0.4) is 0 Å². The fourth-order valence-corrected chi connectivity index (χ4v) is 6.31. The predicted molar refractivity (Wildman–Crippen MR) is 101 cm³/mol. The first-order chi connectivity index (χ1) is 10.6. The van der Waals surface area contributed by atoms with Gasteiger partial charge >= 0.3 is 0 Å². The Bertz CT molecular complexity index is 455. The highest BCUT2D eigenvalue weighted by Gasteiger charge is 2.59. The Morgan fingerprint density at radius 2 is 1.83 bits per heavy atom. The van der Waals surface area contributed by atoms with Crippen LogP contribution in [0.15, 0.2) is 11.6 Å². The van der Waals surface area contributed by atoms with E-state index in [4.69, 9.17) is 5.11 Å². The van der Waals surface area contributed by atoms with Crippen LogP contribution < -0.4 is 0 Å². The molecule has 2 aliphatic rings. The van der Waals surface area contributed by atoms with Gasteiger partial charge in [-0.25, -0.2) is 0 Å². The van der Waals surface area contributed by atoms with Gasteiger partial charge in [-0.15, -0.1) is 0 Å². The summed E-state index contributed by atoms with van der Waals surface area (Å²) in [5, 5.41) is 20.2. The number of halogens is 1. The third-order valence-corrected chi connectivity index (χ3v) is 8.83. The first kappa shape index (κ1) is 19.5. The molecule has 2 saturated carbocycles. The molecule has 2 fully saturated rings. The summed E-state index contributed by atoms with van der Waals surface area (Å²) in [6, 6.07) is 0. The van der Waals surface area contributed by atoms with Crippen LogP contribution in [0.2, 0.25) is 0 Å². The van der Waals surface area contributed by atoms with E-state index in [1.807, 2.05) is 6.08 Å². The molecule has 0 radical (unpaired) electrons. The van der Waals surface area contributed by atoms with E-state index in [1.54, 1.807) is 0 Å². The summed E-state index contributed by atoms with van der Waals surface area (Å²) in [4.78, 5) is 0.577. The number of aliphatic hydroxyl groups excluding tert-OH is 1. The molecule has 0 bridgehead atoms. The van der Waals surface area contributed by atoms with Crippen molar-refractivity contribution in [2.45, 2.75) is 83.6 Å². The fourth-order valence-electron chi connectivity index (χ4n) is 5.76. The average molecular weight is 387 g/mol. The molecule has 0 saturated heterocycles. The van der Waals surface area contributed by atoms with E-state index in [0.717, 1.165) is 25.7 Å². The smallest absolute Gasteiger partial charge is 0.0653 e. The van der Waals surface area contributed by atoms with Crippen molar-refractivity contribution in [3.8, 4) is 0 Å². The second kappa shape index (κ2) is 6.80. The lowest BCUT2D eigenvalue weighted by Gasteiger charge is -2.62. The number of hydrogen-bond acceptors (Lipinski definition) is 2. The summed E-state index contributed by atoms with van der Waals surface area (Å²) in [5.41, 5.74) is 1.15. The van der Waals surface area contributed by atoms with Crippen LogP contribution in [0.1, 0.15) is 73.1 Å². The molecule has 0 aliphatic heterocycles. The lowest BCUT2D eigenvalue weighted by Crippen LogP contribution is -2.59. The maximum Gasteiger partial charge on any atom is 0.0653 e. The van der Waals surface area contributed by atoms with Crippen molar-refractivity contribution >= 4 is 15.9 Å². The Labute approximate surface area is 150 Å². The molecule has 0 aromatic rings. The van der Waals surface area contributed by atoms with Crippen molar-refractivity contribution in [1.82, 2.24) is 0 Å². The molecular formula is C20H35BrO2. The Kier molecular flexibility index (Phi) is 5.76. The third-order valence-electron chi connectivity index (χ3n) is 7.19. The minimum atomic E-state index is -0.569. The first-order valence-corrected chi connectivity index (χ1v) is 10.1. The highest BCUT2D eigenvalue weighted by molar-refractivity contribution is 9.09. The largest absolute Gasteiger partial charge is 0.392 e. The van der Waals surface area contributed by atoms with Gasteiger partial charge in [0.1, 0.15) is 0 Å². The molecular weight excluding hydrogens is 352 g/mol. The first-order valence-electron chi connectivity index (χ1n) is 9.18. The van der Waals surface area contributed by atoms with Crippen molar-refractivity contribution in [1.29, 1.82) is 0 Å². The molecule has 5 atom stereocenters. The summed E-state index contributed by atoms with van der Waals surface area (Å²) in [7, 11) is 0. The zero-order valence-electron chi connectivity index (χ0n) is 15.5. The third kappa shape index (κ3) is 3.57. The van der Waals surface area contributed by atoms with Gasteiger partial charge in [-0.3, -0.25) is 0 Å². The van der Waals surface area contributed by atoms with Crippen molar-refractivity contribution in [2.24, 2.45) is 22.7 Å². The van der Waals surface area contributed by atoms with Crippen molar-refractivity contribution in [2.75, 3.05) is 6.61 Å². The SMILES string of the molecule is CC(=CCO)CC[C@@H]1[C@@]2(C)CC[C@H](Br)C(C)(C)[C@@H]2CC[C@]1(C)O. The molecule has 0 unspecified atom stereocenters. The lowest BCUT2D eigenvalue weighted by molar-refractivity contribution is -0.166. The number of aliphatic hydroxyl groups is 2. The average Bonchev–Trinajstić information content (AvgIpc) is 2.42. The number of allylic oxidation sites excluding steroid dienone is 1. The van der Waals surface area contributed by atoms with Crippen LogP contribution in [-0.2, 0) is 0 Å². The Hall–Kier alpha value is 0.140. The number of rotatable bonds is 4. The van der Waals surface area contributed by atoms with Gasteiger partial charge in [0.2, 0.25) is 0 Å². The molecule has 0 spiro atoms. The highest BCUT2D eigenvalue weighted by atomic mass is 79.9. The summed E-state index contributed by atoms with van der Waals surface area (Å²) >= 11 is 3.93. The van der Waals surface area contributed by atoms with Crippen molar-refractivity contribution in [3.63, 3.8) is 0 Å². The lowest BCUT2D eigenvalue weighted by atomic mass is 9.45. The number of alkyl halides is 1. The minimum absolute atomic E-state index is 0.116. The zero-order valence-corrected chi connectivity index (χ0v) is 17.1. The summed E-state index contributed by atoms with van der Waals surface area (Å²) in [5.74, 6) is 0.982. The van der Waals surface area contributed by atoms with E-state index in [-0.39, 0.29) is 17.4 Å². The van der Waals surface area contributed by atoms with Gasteiger partial charge in [0.25, 0.3) is 0 Å². The topological polar surface area (TPSA) is 40.5 Å². The maximum atomic E-state index is 11.1.